The van der Waals surface area contributed by atoms with Crippen LogP contribution >= 0.6 is 11.8 Å². The maximum atomic E-state index is 9.87. The van der Waals surface area contributed by atoms with Crippen molar-refractivity contribution in [2.45, 2.75) is 20.8 Å². The van der Waals surface area contributed by atoms with E-state index in [1.165, 1.54) is 0 Å². The van der Waals surface area contributed by atoms with Gasteiger partial charge in [0.05, 0.1) is 0 Å². The van der Waals surface area contributed by atoms with Gasteiger partial charge < -0.3 is 4.79 Å². The molecule has 0 bridgehead atoms. The first-order valence-corrected chi connectivity index (χ1v) is 4.23. The zero-order valence-electron chi connectivity index (χ0n) is 6.31. The van der Waals surface area contributed by atoms with Gasteiger partial charge in [-0.2, -0.15) is 11.8 Å². The van der Waals surface area contributed by atoms with E-state index in [9.17, 15) is 4.79 Å². The van der Waals surface area contributed by atoms with E-state index in [0.717, 1.165) is 12.0 Å². The van der Waals surface area contributed by atoms with Crippen molar-refractivity contribution < 1.29 is 4.79 Å². The third kappa shape index (κ3) is 8.02. The molecule has 0 rings (SSSR count). The Morgan fingerprint density at radius 3 is 2.33 bits per heavy atom. The smallest absolute Gasteiger partial charge is 0.129 e. The second kappa shape index (κ2) is 3.94. The summed E-state index contributed by atoms with van der Waals surface area (Å²) >= 11 is 1.69. The summed E-state index contributed by atoms with van der Waals surface area (Å²) in [7, 11) is 0. The van der Waals surface area contributed by atoms with Crippen molar-refractivity contribution in [3.63, 3.8) is 0 Å². The molecule has 1 nitrogen and oxygen atoms in total. The van der Waals surface area contributed by atoms with Gasteiger partial charge in [-0.3, -0.25) is 0 Å². The maximum absolute atomic E-state index is 9.87. The fourth-order valence-corrected chi connectivity index (χ4v) is 1.24. The average molecular weight is 146 g/mol. The van der Waals surface area contributed by atoms with E-state index in [1.54, 1.807) is 11.8 Å². The van der Waals surface area contributed by atoms with E-state index < -0.39 is 0 Å². The molecule has 9 heavy (non-hydrogen) atoms. The number of hydrogen-bond donors (Lipinski definition) is 0. The molecule has 2 heteroatoms. The molecule has 54 valence electrons. The van der Waals surface area contributed by atoms with Crippen molar-refractivity contribution in [2.75, 3.05) is 11.5 Å². The summed E-state index contributed by atoms with van der Waals surface area (Å²) < 4.78 is 0. The first kappa shape index (κ1) is 9.02. The van der Waals surface area contributed by atoms with Gasteiger partial charge in [0.1, 0.15) is 6.29 Å². The minimum atomic E-state index is 0.355. The molecular formula is C7H14OS. The molecule has 0 spiro atoms. The number of aldehydes is 1. The lowest BCUT2D eigenvalue weighted by Gasteiger charge is -2.15. The van der Waals surface area contributed by atoms with Gasteiger partial charge in [0.2, 0.25) is 0 Å². The predicted molar refractivity (Wildman–Crippen MR) is 42.8 cm³/mol. The van der Waals surface area contributed by atoms with Crippen LogP contribution in [0.5, 0.6) is 0 Å². The molecule has 0 radical (unpaired) electrons. The van der Waals surface area contributed by atoms with E-state index in [-0.39, 0.29) is 0 Å². The molecule has 0 aliphatic carbocycles. The van der Waals surface area contributed by atoms with Crippen LogP contribution in [-0.2, 0) is 4.79 Å². The molecule has 0 unspecified atom stereocenters. The number of carbonyl (C=O) groups is 1. The fraction of sp³-hybridized carbons (Fsp3) is 0.857. The van der Waals surface area contributed by atoms with Crippen LogP contribution in [0.25, 0.3) is 0 Å². The van der Waals surface area contributed by atoms with E-state index in [4.69, 9.17) is 0 Å². The zero-order chi connectivity index (χ0) is 7.33. The maximum Gasteiger partial charge on any atom is 0.129 e. The van der Waals surface area contributed by atoms with Crippen LogP contribution in [0.1, 0.15) is 20.8 Å². The normalized spacial score (nSPS) is 11.4. The molecule has 0 aromatic heterocycles. The monoisotopic (exact) mass is 146 g/mol. The summed E-state index contributed by atoms with van der Waals surface area (Å²) in [5.41, 5.74) is 0.355. The summed E-state index contributed by atoms with van der Waals surface area (Å²) in [6.07, 6.45) is 0.955. The number of thioether (sulfide) groups is 1. The molecule has 0 N–H and O–H groups in total. The highest BCUT2D eigenvalue weighted by Gasteiger charge is 2.08. The Kier molecular flexibility index (Phi) is 3.95. The van der Waals surface area contributed by atoms with Crippen LogP contribution in [0.15, 0.2) is 0 Å². The molecular weight excluding hydrogens is 132 g/mol. The van der Waals surface area contributed by atoms with Crippen molar-refractivity contribution in [1.82, 2.24) is 0 Å². The third-order valence-electron chi connectivity index (χ3n) is 0.721. The van der Waals surface area contributed by atoms with Gasteiger partial charge in [0, 0.05) is 5.75 Å². The molecule has 0 atom stereocenters. The van der Waals surface area contributed by atoms with Crippen LogP contribution in [0.2, 0.25) is 0 Å². The van der Waals surface area contributed by atoms with Crippen LogP contribution < -0.4 is 0 Å². The molecule has 0 heterocycles. The molecule has 0 aromatic rings. The highest BCUT2D eigenvalue weighted by molar-refractivity contribution is 7.99. The molecule has 0 fully saturated rings. The van der Waals surface area contributed by atoms with Crippen LogP contribution in [0, 0.1) is 5.41 Å². The highest BCUT2D eigenvalue weighted by atomic mass is 32.2. The number of rotatable bonds is 3. The van der Waals surface area contributed by atoms with Crippen molar-refractivity contribution >= 4 is 18.0 Å². The number of hydrogen-bond acceptors (Lipinski definition) is 2. The topological polar surface area (TPSA) is 17.1 Å². The Morgan fingerprint density at radius 2 is 2.00 bits per heavy atom. The van der Waals surface area contributed by atoms with Crippen LogP contribution in [-0.4, -0.2) is 17.8 Å². The molecule has 0 amide bonds. The Bertz CT molecular complexity index is 83.4. The molecule has 0 saturated heterocycles. The second-order valence-electron chi connectivity index (χ2n) is 3.24. The first-order valence-electron chi connectivity index (χ1n) is 3.07. The van der Waals surface area contributed by atoms with E-state index >= 15 is 0 Å². The molecule has 0 aromatic carbocycles. The van der Waals surface area contributed by atoms with Gasteiger partial charge in [-0.25, -0.2) is 0 Å². The lowest BCUT2D eigenvalue weighted by atomic mass is 10.0. The molecule has 0 aliphatic rings. The predicted octanol–water partition coefficient (Wildman–Crippen LogP) is 1.96. The summed E-state index contributed by atoms with van der Waals surface area (Å²) in [6, 6.07) is 0. The van der Waals surface area contributed by atoms with Gasteiger partial charge in [0.25, 0.3) is 0 Å². The lowest BCUT2D eigenvalue weighted by molar-refractivity contribution is -0.105. The number of carbonyl (C=O) groups excluding carboxylic acids is 1. The van der Waals surface area contributed by atoms with Gasteiger partial charge >= 0.3 is 0 Å². The lowest BCUT2D eigenvalue weighted by Crippen LogP contribution is -2.08. The Labute approximate surface area is 61.2 Å². The minimum Gasteiger partial charge on any atom is -0.302 e. The minimum absolute atomic E-state index is 0.355. The quantitative estimate of drug-likeness (QED) is 0.447. The summed E-state index contributed by atoms with van der Waals surface area (Å²) in [4.78, 5) is 9.87. The highest BCUT2D eigenvalue weighted by Crippen LogP contribution is 2.19. The van der Waals surface area contributed by atoms with Gasteiger partial charge in [-0.05, 0) is 11.2 Å². The second-order valence-corrected chi connectivity index (χ2v) is 4.27. The van der Waals surface area contributed by atoms with Crippen molar-refractivity contribution in [2.24, 2.45) is 5.41 Å². The SMILES string of the molecule is CC(C)(C)CSCC=O. The summed E-state index contributed by atoms with van der Waals surface area (Å²) in [5.74, 6) is 1.70. The summed E-state index contributed by atoms with van der Waals surface area (Å²) in [5, 5.41) is 0. The summed E-state index contributed by atoms with van der Waals surface area (Å²) in [6.45, 7) is 6.51. The fourth-order valence-electron chi connectivity index (χ4n) is 0.413. The van der Waals surface area contributed by atoms with Gasteiger partial charge in [-0.1, -0.05) is 20.8 Å². The zero-order valence-corrected chi connectivity index (χ0v) is 7.12. The van der Waals surface area contributed by atoms with Gasteiger partial charge in [0.15, 0.2) is 0 Å². The van der Waals surface area contributed by atoms with Crippen molar-refractivity contribution in [3.8, 4) is 0 Å². The Morgan fingerprint density at radius 1 is 1.44 bits per heavy atom. The van der Waals surface area contributed by atoms with E-state index in [0.29, 0.717) is 11.2 Å². The average Bonchev–Trinajstić information content (AvgIpc) is 1.63. The van der Waals surface area contributed by atoms with E-state index in [1.807, 2.05) is 0 Å². The van der Waals surface area contributed by atoms with Gasteiger partial charge in [-0.15, -0.1) is 0 Å². The molecule has 0 saturated carbocycles. The standard InChI is InChI=1S/C7H14OS/c1-7(2,3)6-9-5-4-8/h4H,5-6H2,1-3H3. The Balaban J connectivity index is 3.17. The van der Waals surface area contributed by atoms with Crippen molar-refractivity contribution in [3.05, 3.63) is 0 Å². The van der Waals surface area contributed by atoms with Crippen LogP contribution in [0.3, 0.4) is 0 Å². The Hall–Kier alpha value is 0.0200. The molecule has 0 aliphatic heterocycles. The first-order chi connectivity index (χ1) is 4.06. The van der Waals surface area contributed by atoms with E-state index in [2.05, 4.69) is 20.8 Å². The third-order valence-corrected chi connectivity index (χ3v) is 2.16. The largest absolute Gasteiger partial charge is 0.302 e. The van der Waals surface area contributed by atoms with Crippen molar-refractivity contribution in [1.29, 1.82) is 0 Å². The van der Waals surface area contributed by atoms with Crippen LogP contribution in [0.4, 0.5) is 0 Å².